The van der Waals surface area contributed by atoms with Crippen LogP contribution < -0.4 is 16.0 Å². The van der Waals surface area contributed by atoms with Gasteiger partial charge in [-0.05, 0) is 37.9 Å². The highest BCUT2D eigenvalue weighted by Gasteiger charge is 2.36. The Morgan fingerprint density at radius 3 is 3.08 bits per heavy atom. The molecule has 0 saturated carbocycles. The van der Waals surface area contributed by atoms with Gasteiger partial charge in [-0.1, -0.05) is 0 Å². The van der Waals surface area contributed by atoms with Crippen LogP contribution in [-0.4, -0.2) is 52.8 Å². The Bertz CT molecular complexity index is 733. The lowest BCUT2D eigenvalue weighted by molar-refractivity contribution is -0.122. The summed E-state index contributed by atoms with van der Waals surface area (Å²) in [6.07, 6.45) is 7.98. The van der Waals surface area contributed by atoms with Crippen molar-refractivity contribution >= 4 is 22.5 Å². The van der Waals surface area contributed by atoms with Crippen LogP contribution in [0, 0.1) is 0 Å². The molecule has 0 bridgehead atoms. The van der Waals surface area contributed by atoms with Crippen molar-refractivity contribution in [3.05, 3.63) is 30.7 Å². The first-order chi connectivity index (χ1) is 12.1. The number of β-amino-alcohol motifs (C(OH)–C–C–N with tert-alkyl or cyclic N) is 1. The SMILES string of the molecule is NCCCCC(=O)NC[C@@]1(O)CCN(c2ccnc3ccncc23)C1. The number of fused-ring (bicyclic) bond motifs is 1. The molecule has 1 atom stereocenters. The maximum atomic E-state index is 11.8. The second-order valence-electron chi connectivity index (χ2n) is 6.64. The molecule has 1 saturated heterocycles. The van der Waals surface area contributed by atoms with Crippen LogP contribution in [0.2, 0.25) is 0 Å². The smallest absolute Gasteiger partial charge is 0.220 e. The molecule has 2 aromatic rings. The lowest BCUT2D eigenvalue weighted by Gasteiger charge is -2.25. The van der Waals surface area contributed by atoms with Crippen molar-refractivity contribution in [3.8, 4) is 0 Å². The lowest BCUT2D eigenvalue weighted by Crippen LogP contribution is -2.45. The van der Waals surface area contributed by atoms with Gasteiger partial charge in [0.15, 0.2) is 0 Å². The number of nitrogens with two attached hydrogens (primary N) is 1. The normalized spacial score (nSPS) is 20.2. The number of aromatic nitrogens is 2. The molecule has 4 N–H and O–H groups in total. The quantitative estimate of drug-likeness (QED) is 0.643. The maximum Gasteiger partial charge on any atom is 0.220 e. The topological polar surface area (TPSA) is 104 Å². The highest BCUT2D eigenvalue weighted by atomic mass is 16.3. The van der Waals surface area contributed by atoms with Crippen LogP contribution in [0.5, 0.6) is 0 Å². The van der Waals surface area contributed by atoms with Gasteiger partial charge >= 0.3 is 0 Å². The molecule has 25 heavy (non-hydrogen) atoms. The summed E-state index contributed by atoms with van der Waals surface area (Å²) in [7, 11) is 0. The number of rotatable bonds is 7. The predicted molar refractivity (Wildman–Crippen MR) is 97.2 cm³/mol. The van der Waals surface area contributed by atoms with Crippen molar-refractivity contribution in [2.45, 2.75) is 31.3 Å². The summed E-state index contributed by atoms with van der Waals surface area (Å²) >= 11 is 0. The van der Waals surface area contributed by atoms with E-state index in [9.17, 15) is 9.90 Å². The van der Waals surface area contributed by atoms with Crippen molar-refractivity contribution in [1.29, 1.82) is 0 Å². The fraction of sp³-hybridized carbons (Fsp3) is 0.500. The van der Waals surface area contributed by atoms with Crippen LogP contribution in [0.4, 0.5) is 5.69 Å². The Kier molecular flexibility index (Phi) is 5.45. The first-order valence-corrected chi connectivity index (χ1v) is 8.74. The summed E-state index contributed by atoms with van der Waals surface area (Å²) in [5.41, 5.74) is 6.42. The van der Waals surface area contributed by atoms with Gasteiger partial charge in [0.2, 0.25) is 5.91 Å². The summed E-state index contributed by atoms with van der Waals surface area (Å²) in [4.78, 5) is 22.5. The van der Waals surface area contributed by atoms with E-state index in [4.69, 9.17) is 5.73 Å². The average molecular weight is 343 g/mol. The van der Waals surface area contributed by atoms with Gasteiger partial charge in [0, 0.05) is 55.7 Å². The van der Waals surface area contributed by atoms with E-state index in [1.807, 2.05) is 12.1 Å². The number of anilines is 1. The number of amides is 1. The molecule has 0 spiro atoms. The van der Waals surface area contributed by atoms with Crippen LogP contribution in [-0.2, 0) is 4.79 Å². The number of unbranched alkanes of at least 4 members (excludes halogenated alkanes) is 1. The van der Waals surface area contributed by atoms with Crippen LogP contribution >= 0.6 is 0 Å². The number of nitrogens with zero attached hydrogens (tertiary/aromatic N) is 3. The third kappa shape index (κ3) is 4.24. The molecule has 1 amide bonds. The summed E-state index contributed by atoms with van der Waals surface area (Å²) in [6, 6.07) is 3.82. The zero-order valence-corrected chi connectivity index (χ0v) is 14.3. The van der Waals surface area contributed by atoms with Crippen molar-refractivity contribution in [1.82, 2.24) is 15.3 Å². The highest BCUT2D eigenvalue weighted by molar-refractivity contribution is 5.90. The molecular formula is C18H25N5O2. The molecule has 0 unspecified atom stereocenters. The Labute approximate surface area is 147 Å². The molecule has 2 aromatic heterocycles. The van der Waals surface area contributed by atoms with E-state index in [1.165, 1.54) is 0 Å². The zero-order chi connectivity index (χ0) is 17.7. The number of carbonyl (C=O) groups is 1. The third-order valence-electron chi connectivity index (χ3n) is 4.67. The van der Waals surface area contributed by atoms with Crippen LogP contribution in [0.1, 0.15) is 25.7 Å². The standard InChI is InChI=1S/C18H25N5O2/c19-7-2-1-3-17(24)22-12-18(25)6-10-23(13-18)16-5-9-21-15-4-8-20-11-14(15)16/h4-5,8-9,11,25H,1-3,6-7,10,12-13,19H2,(H,22,24)/t18-/m0/s1. The first kappa shape index (κ1) is 17.6. The molecular weight excluding hydrogens is 318 g/mol. The summed E-state index contributed by atoms with van der Waals surface area (Å²) in [5.74, 6) is -0.0288. The Morgan fingerprint density at radius 1 is 1.36 bits per heavy atom. The van der Waals surface area contributed by atoms with Crippen molar-refractivity contribution in [2.75, 3.05) is 31.1 Å². The molecule has 0 aromatic carbocycles. The number of hydrogen-bond donors (Lipinski definition) is 3. The molecule has 3 rings (SSSR count). The first-order valence-electron chi connectivity index (χ1n) is 8.74. The molecule has 0 radical (unpaired) electrons. The minimum atomic E-state index is -0.915. The number of hydrogen-bond acceptors (Lipinski definition) is 6. The van der Waals surface area contributed by atoms with E-state index >= 15 is 0 Å². The van der Waals surface area contributed by atoms with E-state index in [2.05, 4.69) is 20.2 Å². The third-order valence-corrected chi connectivity index (χ3v) is 4.67. The second kappa shape index (κ2) is 7.76. The van der Waals surface area contributed by atoms with Crippen molar-refractivity contribution in [2.24, 2.45) is 5.73 Å². The van der Waals surface area contributed by atoms with E-state index in [-0.39, 0.29) is 12.5 Å². The van der Waals surface area contributed by atoms with Crippen LogP contribution in [0.25, 0.3) is 10.9 Å². The molecule has 7 nitrogen and oxygen atoms in total. The van der Waals surface area contributed by atoms with Crippen LogP contribution in [0.3, 0.4) is 0 Å². The molecule has 1 aliphatic heterocycles. The van der Waals surface area contributed by atoms with Crippen LogP contribution in [0.15, 0.2) is 30.7 Å². The van der Waals surface area contributed by atoms with Gasteiger partial charge in [-0.3, -0.25) is 14.8 Å². The fourth-order valence-corrected chi connectivity index (χ4v) is 3.24. The van der Waals surface area contributed by atoms with Gasteiger partial charge in [-0.25, -0.2) is 0 Å². The van der Waals surface area contributed by atoms with Gasteiger partial charge in [0.1, 0.15) is 5.60 Å². The summed E-state index contributed by atoms with van der Waals surface area (Å²) in [6.45, 7) is 2.07. The average Bonchev–Trinajstić information content (AvgIpc) is 3.02. The maximum absolute atomic E-state index is 11.8. The van der Waals surface area contributed by atoms with E-state index in [0.29, 0.717) is 25.9 Å². The van der Waals surface area contributed by atoms with Gasteiger partial charge in [-0.15, -0.1) is 0 Å². The highest BCUT2D eigenvalue weighted by Crippen LogP contribution is 2.31. The molecule has 1 aliphatic rings. The summed E-state index contributed by atoms with van der Waals surface area (Å²) in [5, 5.41) is 14.6. The minimum absolute atomic E-state index is 0.0288. The number of nitrogens with one attached hydrogen (secondary N) is 1. The van der Waals surface area contributed by atoms with Gasteiger partial charge in [0.05, 0.1) is 5.52 Å². The number of carbonyl (C=O) groups excluding carboxylic acids is 1. The fourth-order valence-electron chi connectivity index (χ4n) is 3.24. The molecule has 3 heterocycles. The molecule has 0 aliphatic carbocycles. The summed E-state index contributed by atoms with van der Waals surface area (Å²) < 4.78 is 0. The Morgan fingerprint density at radius 2 is 2.24 bits per heavy atom. The van der Waals surface area contributed by atoms with E-state index < -0.39 is 5.60 Å². The molecule has 134 valence electrons. The lowest BCUT2D eigenvalue weighted by atomic mass is 10.0. The predicted octanol–water partition coefficient (Wildman–Crippen LogP) is 0.816. The molecule has 1 fully saturated rings. The largest absolute Gasteiger partial charge is 0.386 e. The van der Waals surface area contributed by atoms with Crippen molar-refractivity contribution < 1.29 is 9.90 Å². The monoisotopic (exact) mass is 343 g/mol. The van der Waals surface area contributed by atoms with Gasteiger partial charge in [-0.2, -0.15) is 0 Å². The van der Waals surface area contributed by atoms with E-state index in [1.54, 1.807) is 18.6 Å². The number of pyridine rings is 2. The Hall–Kier alpha value is -2.25. The second-order valence-corrected chi connectivity index (χ2v) is 6.64. The zero-order valence-electron chi connectivity index (χ0n) is 14.3. The van der Waals surface area contributed by atoms with E-state index in [0.717, 1.165) is 36.0 Å². The number of aliphatic hydroxyl groups is 1. The van der Waals surface area contributed by atoms with Gasteiger partial charge in [0.25, 0.3) is 0 Å². The minimum Gasteiger partial charge on any atom is -0.386 e. The van der Waals surface area contributed by atoms with Gasteiger partial charge < -0.3 is 21.1 Å². The van der Waals surface area contributed by atoms with Crippen molar-refractivity contribution in [3.63, 3.8) is 0 Å². The molecule has 7 heteroatoms. The Balaban J connectivity index is 1.61.